The Morgan fingerprint density at radius 1 is 1.07 bits per heavy atom. The highest BCUT2D eigenvalue weighted by Gasteiger charge is 2.21. The van der Waals surface area contributed by atoms with Crippen LogP contribution in [0.2, 0.25) is 0 Å². The normalized spacial score (nSPS) is 13.9. The molecule has 1 aromatic heterocycles. The third kappa shape index (κ3) is 3.67. The smallest absolute Gasteiger partial charge is 0.310 e. The predicted octanol–water partition coefficient (Wildman–Crippen LogP) is 3.26. The van der Waals surface area contributed by atoms with E-state index in [1.165, 1.54) is 0 Å². The van der Waals surface area contributed by atoms with Crippen molar-refractivity contribution in [3.8, 4) is 0 Å². The van der Waals surface area contributed by atoms with Crippen molar-refractivity contribution >= 4 is 34.3 Å². The second kappa shape index (κ2) is 7.68. The first-order chi connectivity index (χ1) is 13.6. The Morgan fingerprint density at radius 3 is 2.61 bits per heavy atom. The van der Waals surface area contributed by atoms with Crippen LogP contribution in [0.15, 0.2) is 54.7 Å². The maximum absolute atomic E-state index is 12.3. The molecule has 4 rings (SSSR count). The van der Waals surface area contributed by atoms with Crippen LogP contribution in [-0.2, 0) is 20.7 Å². The molecule has 142 valence electrons. The standard InChI is InChI=1S/C22H20N2O4/c25-20(15-7-9-17(10-8-15)24-11-3-6-21(24)26)14-28-22(27)12-16-13-23-19-5-2-1-4-18(16)19/h1-2,4-5,7-10,13,23H,3,6,11-12,14H2. The van der Waals surface area contributed by atoms with Crippen molar-refractivity contribution in [1.82, 2.24) is 4.98 Å². The molecule has 0 aliphatic carbocycles. The monoisotopic (exact) mass is 376 g/mol. The van der Waals surface area contributed by atoms with E-state index < -0.39 is 5.97 Å². The number of aromatic amines is 1. The number of carbonyl (C=O) groups excluding carboxylic acids is 3. The van der Waals surface area contributed by atoms with Crippen LogP contribution in [0.25, 0.3) is 10.9 Å². The lowest BCUT2D eigenvalue weighted by Gasteiger charge is -2.15. The van der Waals surface area contributed by atoms with Crippen molar-refractivity contribution in [3.63, 3.8) is 0 Å². The summed E-state index contributed by atoms with van der Waals surface area (Å²) in [6.45, 7) is 0.404. The molecule has 1 aliphatic rings. The molecule has 0 bridgehead atoms. The van der Waals surface area contributed by atoms with E-state index >= 15 is 0 Å². The zero-order valence-electron chi connectivity index (χ0n) is 15.3. The van der Waals surface area contributed by atoms with Gasteiger partial charge in [-0.2, -0.15) is 0 Å². The van der Waals surface area contributed by atoms with E-state index in [2.05, 4.69) is 4.98 Å². The number of ketones is 1. The number of carbonyl (C=O) groups is 3. The second-order valence-electron chi connectivity index (χ2n) is 6.82. The number of rotatable bonds is 6. The fourth-order valence-corrected chi connectivity index (χ4v) is 3.46. The zero-order valence-corrected chi connectivity index (χ0v) is 15.3. The fourth-order valence-electron chi connectivity index (χ4n) is 3.46. The Balaban J connectivity index is 1.33. The summed E-state index contributed by atoms with van der Waals surface area (Å²) >= 11 is 0. The molecule has 0 radical (unpaired) electrons. The minimum absolute atomic E-state index is 0.102. The number of Topliss-reactive ketones (excluding diaryl/α,β-unsaturated/α-hetero) is 1. The van der Waals surface area contributed by atoms with Crippen molar-refractivity contribution < 1.29 is 19.1 Å². The van der Waals surface area contributed by atoms with E-state index in [1.807, 2.05) is 24.3 Å². The number of hydrogen-bond donors (Lipinski definition) is 1. The van der Waals surface area contributed by atoms with Gasteiger partial charge in [0.15, 0.2) is 12.4 Å². The predicted molar refractivity (Wildman–Crippen MR) is 105 cm³/mol. The summed E-state index contributed by atoms with van der Waals surface area (Å²) < 4.78 is 5.16. The van der Waals surface area contributed by atoms with Crippen molar-refractivity contribution in [2.75, 3.05) is 18.1 Å². The number of aromatic nitrogens is 1. The lowest BCUT2D eigenvalue weighted by Crippen LogP contribution is -2.23. The first-order valence-electron chi connectivity index (χ1n) is 9.26. The van der Waals surface area contributed by atoms with E-state index in [-0.39, 0.29) is 24.7 Å². The quantitative estimate of drug-likeness (QED) is 0.529. The molecule has 6 nitrogen and oxygen atoms in total. The fraction of sp³-hybridized carbons (Fsp3) is 0.227. The van der Waals surface area contributed by atoms with Gasteiger partial charge in [0.05, 0.1) is 6.42 Å². The van der Waals surface area contributed by atoms with Crippen LogP contribution in [0.4, 0.5) is 5.69 Å². The third-order valence-electron chi connectivity index (χ3n) is 4.95. The number of fused-ring (bicyclic) bond motifs is 1. The highest BCUT2D eigenvalue weighted by Crippen LogP contribution is 2.22. The molecular formula is C22H20N2O4. The molecule has 3 aromatic rings. The molecule has 2 heterocycles. The Bertz CT molecular complexity index is 1040. The van der Waals surface area contributed by atoms with Gasteiger partial charge in [-0.3, -0.25) is 14.4 Å². The zero-order chi connectivity index (χ0) is 19.5. The van der Waals surface area contributed by atoms with Gasteiger partial charge in [0.25, 0.3) is 0 Å². The molecule has 6 heteroatoms. The molecular weight excluding hydrogens is 356 g/mol. The van der Waals surface area contributed by atoms with Gasteiger partial charge >= 0.3 is 5.97 Å². The van der Waals surface area contributed by atoms with Crippen LogP contribution in [0, 0.1) is 0 Å². The van der Waals surface area contributed by atoms with Crippen LogP contribution in [-0.4, -0.2) is 35.8 Å². The summed E-state index contributed by atoms with van der Waals surface area (Å²) in [6, 6.07) is 14.5. The molecule has 1 amide bonds. The van der Waals surface area contributed by atoms with Crippen LogP contribution < -0.4 is 4.90 Å². The number of ether oxygens (including phenoxy) is 1. The molecule has 1 saturated heterocycles. The van der Waals surface area contributed by atoms with Gasteiger partial charge in [0.1, 0.15) is 0 Å². The van der Waals surface area contributed by atoms with Gasteiger partial charge in [0.2, 0.25) is 5.91 Å². The molecule has 0 unspecified atom stereocenters. The molecule has 1 N–H and O–H groups in total. The summed E-state index contributed by atoms with van der Waals surface area (Å²) in [4.78, 5) is 41.0. The number of para-hydroxylation sites is 1. The Labute approximate surface area is 162 Å². The highest BCUT2D eigenvalue weighted by atomic mass is 16.5. The number of hydrogen-bond acceptors (Lipinski definition) is 4. The van der Waals surface area contributed by atoms with Gasteiger partial charge in [-0.05, 0) is 42.3 Å². The third-order valence-corrected chi connectivity index (χ3v) is 4.95. The number of nitrogens with one attached hydrogen (secondary N) is 1. The SMILES string of the molecule is O=C(Cc1c[nH]c2ccccc12)OCC(=O)c1ccc(N2CCCC2=O)cc1. The van der Waals surface area contributed by atoms with Crippen LogP contribution >= 0.6 is 0 Å². The summed E-state index contributed by atoms with van der Waals surface area (Å²) in [5.74, 6) is -0.616. The molecule has 2 aromatic carbocycles. The molecule has 1 fully saturated rings. The summed E-state index contributed by atoms with van der Waals surface area (Å²) in [5.41, 5.74) is 3.04. The van der Waals surface area contributed by atoms with Gasteiger partial charge in [-0.25, -0.2) is 0 Å². The van der Waals surface area contributed by atoms with Crippen molar-refractivity contribution in [2.24, 2.45) is 0 Å². The van der Waals surface area contributed by atoms with Crippen LogP contribution in [0.1, 0.15) is 28.8 Å². The lowest BCUT2D eigenvalue weighted by atomic mass is 10.1. The van der Waals surface area contributed by atoms with Crippen LogP contribution in [0.3, 0.4) is 0 Å². The number of amides is 1. The van der Waals surface area contributed by atoms with E-state index in [9.17, 15) is 14.4 Å². The van der Waals surface area contributed by atoms with E-state index in [0.29, 0.717) is 18.5 Å². The van der Waals surface area contributed by atoms with Crippen molar-refractivity contribution in [3.05, 3.63) is 65.9 Å². The molecule has 0 atom stereocenters. The van der Waals surface area contributed by atoms with Gasteiger partial charge < -0.3 is 14.6 Å². The van der Waals surface area contributed by atoms with E-state index in [4.69, 9.17) is 4.74 Å². The summed E-state index contributed by atoms with van der Waals surface area (Å²) in [7, 11) is 0. The minimum Gasteiger partial charge on any atom is -0.457 e. The largest absolute Gasteiger partial charge is 0.457 e. The number of esters is 1. The van der Waals surface area contributed by atoms with Crippen molar-refractivity contribution in [1.29, 1.82) is 0 Å². The number of benzene rings is 2. The number of H-pyrrole nitrogens is 1. The van der Waals surface area contributed by atoms with Gasteiger partial charge in [0, 0.05) is 41.3 Å². The van der Waals surface area contributed by atoms with Gasteiger partial charge in [-0.15, -0.1) is 0 Å². The Morgan fingerprint density at radius 2 is 1.86 bits per heavy atom. The van der Waals surface area contributed by atoms with E-state index in [0.717, 1.165) is 28.6 Å². The Hall–Kier alpha value is -3.41. The minimum atomic E-state index is -0.447. The number of anilines is 1. The second-order valence-corrected chi connectivity index (χ2v) is 6.82. The number of nitrogens with zero attached hydrogens (tertiary/aromatic N) is 1. The topological polar surface area (TPSA) is 79.5 Å². The molecule has 1 aliphatic heterocycles. The van der Waals surface area contributed by atoms with Crippen LogP contribution in [0.5, 0.6) is 0 Å². The summed E-state index contributed by atoms with van der Waals surface area (Å²) in [6.07, 6.45) is 3.30. The first kappa shape index (κ1) is 18.0. The maximum atomic E-state index is 12.3. The molecule has 0 spiro atoms. The molecule has 0 saturated carbocycles. The summed E-state index contributed by atoms with van der Waals surface area (Å²) in [5, 5.41) is 0.970. The Kier molecular flexibility index (Phi) is 4.93. The average molecular weight is 376 g/mol. The first-order valence-corrected chi connectivity index (χ1v) is 9.26. The van der Waals surface area contributed by atoms with Gasteiger partial charge in [-0.1, -0.05) is 18.2 Å². The maximum Gasteiger partial charge on any atom is 0.310 e. The molecule has 28 heavy (non-hydrogen) atoms. The van der Waals surface area contributed by atoms with E-state index in [1.54, 1.807) is 35.4 Å². The van der Waals surface area contributed by atoms with Crippen molar-refractivity contribution in [2.45, 2.75) is 19.3 Å². The highest BCUT2D eigenvalue weighted by molar-refractivity contribution is 5.99. The average Bonchev–Trinajstić information content (AvgIpc) is 3.33. The lowest BCUT2D eigenvalue weighted by molar-refractivity contribution is -0.141.